The van der Waals surface area contributed by atoms with E-state index in [0.29, 0.717) is 0 Å². The second-order valence-corrected chi connectivity index (χ2v) is 10.7. The zero-order valence-corrected chi connectivity index (χ0v) is 22.7. The number of benzene rings is 6. The highest BCUT2D eigenvalue weighted by Crippen LogP contribution is 2.50. The summed E-state index contributed by atoms with van der Waals surface area (Å²) in [6.07, 6.45) is 2.18. The molecule has 0 N–H and O–H groups in total. The fourth-order valence-electron chi connectivity index (χ4n) is 6.51. The topological polar surface area (TPSA) is 22.3 Å². The molecule has 3 heterocycles. The highest BCUT2D eigenvalue weighted by atomic mass is 16.5. The van der Waals surface area contributed by atoms with E-state index >= 15 is 0 Å². The van der Waals surface area contributed by atoms with Gasteiger partial charge in [0.15, 0.2) is 11.5 Å². The molecule has 0 unspecified atom stereocenters. The van der Waals surface area contributed by atoms with Gasteiger partial charge in [0.05, 0.1) is 27.9 Å². The van der Waals surface area contributed by atoms with Crippen LogP contribution in [0.4, 0.5) is 17.1 Å². The van der Waals surface area contributed by atoms with Gasteiger partial charge in [0.2, 0.25) is 0 Å². The van der Waals surface area contributed by atoms with E-state index in [0.717, 1.165) is 39.9 Å². The Bertz CT molecular complexity index is 2230. The molecule has 0 aliphatic carbocycles. The van der Waals surface area contributed by atoms with E-state index in [4.69, 9.17) is 4.74 Å². The maximum atomic E-state index is 6.23. The Morgan fingerprint density at radius 2 is 1.00 bits per heavy atom. The van der Waals surface area contributed by atoms with Crippen LogP contribution in [0, 0.1) is 0 Å². The molecule has 0 bridgehead atoms. The van der Waals surface area contributed by atoms with E-state index in [1.807, 2.05) is 24.3 Å². The molecule has 6 aromatic carbocycles. The Hall–Kier alpha value is -5.74. The van der Waals surface area contributed by atoms with E-state index in [2.05, 4.69) is 142 Å². The number of anilines is 3. The lowest BCUT2D eigenvalue weighted by molar-refractivity contribution is 0.477. The van der Waals surface area contributed by atoms with E-state index < -0.39 is 0 Å². The van der Waals surface area contributed by atoms with Gasteiger partial charge in [-0.25, -0.2) is 0 Å². The summed E-state index contributed by atoms with van der Waals surface area (Å²) in [5.41, 5.74) is 9.05. The zero-order valence-electron chi connectivity index (χ0n) is 22.7. The van der Waals surface area contributed by atoms with Crippen molar-refractivity contribution in [2.24, 2.45) is 0 Å². The van der Waals surface area contributed by atoms with Gasteiger partial charge in [-0.1, -0.05) is 60.7 Å². The number of hydrogen-bond donors (Lipinski definition) is 0. The summed E-state index contributed by atoms with van der Waals surface area (Å²) in [5.74, 6) is 1.71. The SMILES string of the molecule is c1ccc(-n2ccc3c4c5ccccc5n(-c5ccc(N6c7ccccc7Oc7ccccc76)cc5)c4ccc32)cc1. The summed E-state index contributed by atoms with van der Waals surface area (Å²) in [7, 11) is 0. The van der Waals surface area contributed by atoms with Crippen LogP contribution in [0.25, 0.3) is 44.1 Å². The minimum atomic E-state index is 0.856. The second-order valence-electron chi connectivity index (χ2n) is 10.7. The van der Waals surface area contributed by atoms with Crippen LogP contribution in [0.2, 0.25) is 0 Å². The Morgan fingerprint density at radius 3 is 1.76 bits per heavy atom. The fraction of sp³-hybridized carbons (Fsp3) is 0. The largest absolute Gasteiger partial charge is 0.453 e. The number of ether oxygens (including phenoxy) is 1. The van der Waals surface area contributed by atoms with Gasteiger partial charge in [0.1, 0.15) is 0 Å². The van der Waals surface area contributed by atoms with Crippen LogP contribution in [0.1, 0.15) is 0 Å². The lowest BCUT2D eigenvalue weighted by atomic mass is 10.1. The number of para-hydroxylation sites is 6. The van der Waals surface area contributed by atoms with E-state index in [1.54, 1.807) is 0 Å². The number of hydrogen-bond acceptors (Lipinski definition) is 2. The fourth-order valence-corrected chi connectivity index (χ4v) is 6.51. The molecule has 0 atom stereocenters. The van der Waals surface area contributed by atoms with Crippen LogP contribution in [-0.4, -0.2) is 9.13 Å². The van der Waals surface area contributed by atoms with Gasteiger partial charge in [-0.05, 0) is 84.9 Å². The normalized spacial score (nSPS) is 12.4. The highest BCUT2D eigenvalue weighted by molar-refractivity contribution is 6.21. The van der Waals surface area contributed by atoms with Crippen LogP contribution in [-0.2, 0) is 0 Å². The molecule has 8 aromatic rings. The van der Waals surface area contributed by atoms with Crippen molar-refractivity contribution in [2.75, 3.05) is 4.90 Å². The van der Waals surface area contributed by atoms with Crippen molar-refractivity contribution in [1.82, 2.24) is 9.13 Å². The lowest BCUT2D eigenvalue weighted by Gasteiger charge is -2.32. The standard InChI is InChI=1S/C38H25N3O/c1-2-10-26(11-3-1)39-25-24-30-31(39)22-23-35-38(30)29-12-4-5-13-32(29)40(35)27-18-20-28(21-19-27)41-33-14-6-8-16-36(33)42-37-17-9-7-15-34(37)41/h1-25H. The van der Waals surface area contributed by atoms with Crippen molar-refractivity contribution in [3.05, 3.63) is 152 Å². The third-order valence-corrected chi connectivity index (χ3v) is 8.34. The number of aromatic nitrogens is 2. The maximum Gasteiger partial charge on any atom is 0.151 e. The van der Waals surface area contributed by atoms with Gasteiger partial charge in [0, 0.05) is 39.4 Å². The summed E-state index contributed by atoms with van der Waals surface area (Å²) < 4.78 is 10.9. The Labute approximate surface area is 242 Å². The number of fused-ring (bicyclic) bond motifs is 7. The molecule has 0 amide bonds. The number of nitrogens with zero attached hydrogens (tertiary/aromatic N) is 3. The summed E-state index contributed by atoms with van der Waals surface area (Å²) in [5, 5.41) is 3.78. The van der Waals surface area contributed by atoms with Gasteiger partial charge in [-0.2, -0.15) is 0 Å². The summed E-state index contributed by atoms with van der Waals surface area (Å²) >= 11 is 0. The molecule has 9 rings (SSSR count). The van der Waals surface area contributed by atoms with Crippen LogP contribution >= 0.6 is 0 Å². The molecule has 0 saturated heterocycles. The molecule has 198 valence electrons. The summed E-state index contributed by atoms with van der Waals surface area (Å²) in [6.45, 7) is 0. The van der Waals surface area contributed by atoms with Crippen molar-refractivity contribution in [3.63, 3.8) is 0 Å². The quantitative estimate of drug-likeness (QED) is 0.223. The predicted molar refractivity (Wildman–Crippen MR) is 172 cm³/mol. The van der Waals surface area contributed by atoms with Gasteiger partial charge in [0.25, 0.3) is 0 Å². The van der Waals surface area contributed by atoms with E-state index in [1.165, 1.54) is 32.7 Å². The Morgan fingerprint density at radius 1 is 0.405 bits per heavy atom. The average molecular weight is 540 g/mol. The average Bonchev–Trinajstić information content (AvgIpc) is 3.63. The minimum Gasteiger partial charge on any atom is -0.453 e. The van der Waals surface area contributed by atoms with Crippen molar-refractivity contribution < 1.29 is 4.74 Å². The molecule has 0 fully saturated rings. The van der Waals surface area contributed by atoms with Gasteiger partial charge >= 0.3 is 0 Å². The highest BCUT2D eigenvalue weighted by Gasteiger charge is 2.25. The van der Waals surface area contributed by atoms with Gasteiger partial charge in [-0.3, -0.25) is 0 Å². The third kappa shape index (κ3) is 3.29. The van der Waals surface area contributed by atoms with Crippen molar-refractivity contribution in [2.45, 2.75) is 0 Å². The summed E-state index contributed by atoms with van der Waals surface area (Å²) in [6, 6.07) is 51.3. The molecule has 0 spiro atoms. The first kappa shape index (κ1) is 23.0. The lowest BCUT2D eigenvalue weighted by Crippen LogP contribution is -2.15. The summed E-state index contributed by atoms with van der Waals surface area (Å²) in [4.78, 5) is 2.28. The molecular weight excluding hydrogens is 514 g/mol. The van der Waals surface area contributed by atoms with E-state index in [-0.39, 0.29) is 0 Å². The molecule has 0 saturated carbocycles. The van der Waals surface area contributed by atoms with Crippen LogP contribution < -0.4 is 9.64 Å². The smallest absolute Gasteiger partial charge is 0.151 e. The first-order valence-corrected chi connectivity index (χ1v) is 14.2. The van der Waals surface area contributed by atoms with Crippen molar-refractivity contribution in [3.8, 4) is 22.9 Å². The van der Waals surface area contributed by atoms with Crippen molar-refractivity contribution >= 4 is 49.8 Å². The number of rotatable bonds is 3. The Kier molecular flexibility index (Phi) is 4.87. The van der Waals surface area contributed by atoms with Crippen molar-refractivity contribution in [1.29, 1.82) is 0 Å². The van der Waals surface area contributed by atoms with Gasteiger partial charge < -0.3 is 18.8 Å². The first-order chi connectivity index (χ1) is 20.8. The molecule has 1 aliphatic heterocycles. The van der Waals surface area contributed by atoms with Crippen LogP contribution in [0.3, 0.4) is 0 Å². The maximum absolute atomic E-state index is 6.23. The molecule has 4 nitrogen and oxygen atoms in total. The predicted octanol–water partition coefficient (Wildman–Crippen LogP) is 10.3. The second kappa shape index (κ2) is 8.88. The molecule has 0 radical (unpaired) electrons. The van der Waals surface area contributed by atoms with E-state index in [9.17, 15) is 0 Å². The minimum absolute atomic E-state index is 0.856. The third-order valence-electron chi connectivity index (χ3n) is 8.34. The van der Waals surface area contributed by atoms with Crippen LogP contribution in [0.15, 0.2) is 152 Å². The monoisotopic (exact) mass is 539 g/mol. The molecule has 42 heavy (non-hydrogen) atoms. The molecule has 2 aromatic heterocycles. The zero-order chi connectivity index (χ0) is 27.6. The molecule has 4 heteroatoms. The van der Waals surface area contributed by atoms with Gasteiger partial charge in [-0.15, -0.1) is 0 Å². The molecular formula is C38H25N3O. The van der Waals surface area contributed by atoms with Crippen LogP contribution in [0.5, 0.6) is 11.5 Å². The Balaban J connectivity index is 1.22. The molecule has 1 aliphatic rings. The first-order valence-electron chi connectivity index (χ1n) is 14.2.